The molecule has 5 rings (SSSR count). The number of benzene rings is 3. The third-order valence-corrected chi connectivity index (χ3v) is 8.21. The first-order valence-corrected chi connectivity index (χ1v) is 15.6. The number of Topliss-reactive ketones (excluding diaryl/α,β-unsaturated/α-hetero) is 1. The van der Waals surface area contributed by atoms with Gasteiger partial charge in [0.05, 0.1) is 17.3 Å². The van der Waals surface area contributed by atoms with Gasteiger partial charge in [0, 0.05) is 35.0 Å². The Bertz CT molecular complexity index is 1560. The summed E-state index contributed by atoms with van der Waals surface area (Å²) in [6, 6.07) is 25.1. The van der Waals surface area contributed by atoms with Crippen LogP contribution in [-0.2, 0) is 5.41 Å². The molecule has 230 valence electrons. The van der Waals surface area contributed by atoms with E-state index in [1.165, 1.54) is 0 Å². The number of carbonyl (C=O) groups is 2. The van der Waals surface area contributed by atoms with Gasteiger partial charge in [0.15, 0.2) is 5.78 Å². The van der Waals surface area contributed by atoms with E-state index in [2.05, 4.69) is 49.0 Å². The maximum absolute atomic E-state index is 13.9. The van der Waals surface area contributed by atoms with Gasteiger partial charge in [-0.15, -0.1) is 0 Å². The van der Waals surface area contributed by atoms with Gasteiger partial charge >= 0.3 is 6.03 Å². The largest absolute Gasteiger partial charge is 0.385 e. The highest BCUT2D eigenvalue weighted by Gasteiger charge is 2.31. The van der Waals surface area contributed by atoms with Crippen molar-refractivity contribution in [2.24, 2.45) is 5.92 Å². The number of hydrogen-bond donors (Lipinski definition) is 4. The lowest BCUT2D eigenvalue weighted by molar-refractivity contribution is 0.0916. The van der Waals surface area contributed by atoms with Crippen LogP contribution in [0.25, 0.3) is 5.69 Å². The number of aromatic nitrogens is 2. The lowest BCUT2D eigenvalue weighted by Gasteiger charge is -2.30. The molecule has 1 fully saturated rings. The molecular formula is C36H44N6O2. The van der Waals surface area contributed by atoms with Crippen molar-refractivity contribution < 1.29 is 9.59 Å². The zero-order chi connectivity index (χ0) is 31.3. The van der Waals surface area contributed by atoms with E-state index in [1.54, 1.807) is 4.68 Å². The normalized spacial score (nSPS) is 14.6. The zero-order valence-electron chi connectivity index (χ0n) is 26.4. The molecule has 2 heterocycles. The monoisotopic (exact) mass is 592 g/mol. The summed E-state index contributed by atoms with van der Waals surface area (Å²) in [5, 5.41) is 17.5. The minimum atomic E-state index is -0.363. The highest BCUT2D eigenvalue weighted by atomic mass is 16.2. The number of carbonyl (C=O) groups excluding carboxylic acids is 2. The number of ketones is 1. The summed E-state index contributed by atoms with van der Waals surface area (Å²) in [6.45, 7) is 13.0. The van der Waals surface area contributed by atoms with E-state index < -0.39 is 0 Å². The summed E-state index contributed by atoms with van der Waals surface area (Å²) in [7, 11) is 0. The number of amides is 2. The minimum Gasteiger partial charge on any atom is -0.385 e. The van der Waals surface area contributed by atoms with E-state index in [-0.39, 0.29) is 29.1 Å². The summed E-state index contributed by atoms with van der Waals surface area (Å²) in [6.07, 6.45) is 1.89. The van der Waals surface area contributed by atoms with Crippen molar-refractivity contribution in [2.75, 3.05) is 35.6 Å². The van der Waals surface area contributed by atoms with Crippen LogP contribution in [0.15, 0.2) is 78.9 Å². The number of hydrogen-bond acceptors (Lipinski definition) is 5. The molecule has 1 saturated heterocycles. The number of piperidine rings is 1. The minimum absolute atomic E-state index is 0.137. The van der Waals surface area contributed by atoms with Crippen LogP contribution < -0.4 is 21.3 Å². The summed E-state index contributed by atoms with van der Waals surface area (Å²) in [5.74, 6) is 0.727. The van der Waals surface area contributed by atoms with Gasteiger partial charge in [-0.05, 0) is 99.8 Å². The fourth-order valence-corrected chi connectivity index (χ4v) is 5.72. The Labute approximate surface area is 260 Å². The average molecular weight is 593 g/mol. The fourth-order valence-electron chi connectivity index (χ4n) is 5.72. The summed E-state index contributed by atoms with van der Waals surface area (Å²) in [4.78, 5) is 27.1. The molecule has 1 aliphatic rings. The van der Waals surface area contributed by atoms with Crippen LogP contribution in [0.4, 0.5) is 22.0 Å². The predicted molar refractivity (Wildman–Crippen MR) is 179 cm³/mol. The second-order valence-electron chi connectivity index (χ2n) is 12.7. The van der Waals surface area contributed by atoms with Crippen molar-refractivity contribution in [3.63, 3.8) is 0 Å². The molecule has 0 aliphatic carbocycles. The Balaban J connectivity index is 1.34. The lowest BCUT2D eigenvalue weighted by atomic mass is 9.76. The second kappa shape index (κ2) is 13.5. The SMILES string of the molecule is CCNc1ccc(C(=O)C(c2ccc(NC(=O)Nc3cc(C(C)(C)C)nn3-c3ccc(C)cc3)cc2)C2CCNCC2)cc1. The van der Waals surface area contributed by atoms with Crippen molar-refractivity contribution in [2.45, 2.75) is 58.8 Å². The molecule has 1 aliphatic heterocycles. The first-order chi connectivity index (χ1) is 21.1. The molecule has 3 aromatic carbocycles. The number of urea groups is 1. The zero-order valence-corrected chi connectivity index (χ0v) is 26.4. The molecule has 8 nitrogen and oxygen atoms in total. The van der Waals surface area contributed by atoms with Gasteiger partial charge in [0.25, 0.3) is 0 Å². The second-order valence-corrected chi connectivity index (χ2v) is 12.7. The maximum atomic E-state index is 13.9. The van der Waals surface area contributed by atoms with Crippen LogP contribution in [0.1, 0.15) is 73.6 Å². The Morgan fingerprint density at radius 2 is 1.55 bits per heavy atom. The molecule has 1 atom stereocenters. The van der Waals surface area contributed by atoms with Gasteiger partial charge in [-0.2, -0.15) is 5.10 Å². The van der Waals surface area contributed by atoms with E-state index in [0.717, 1.165) is 66.2 Å². The standard InChI is InChI=1S/C36H44N6O2/c1-6-38-28-13-11-27(12-14-28)34(43)33(26-19-21-37-22-20-26)25-9-15-29(16-10-25)39-35(44)40-32-23-31(36(3,4)5)41-42(32)30-17-7-24(2)8-18-30/h7-18,23,26,33,37-38H,6,19-22H2,1-5H3,(H2,39,40,44). The smallest absolute Gasteiger partial charge is 0.324 e. The van der Waals surface area contributed by atoms with Gasteiger partial charge in [-0.1, -0.05) is 50.6 Å². The first-order valence-electron chi connectivity index (χ1n) is 15.6. The summed E-state index contributed by atoms with van der Waals surface area (Å²) in [5.41, 5.74) is 6.06. The van der Waals surface area contributed by atoms with Gasteiger partial charge in [-0.25, -0.2) is 9.48 Å². The third kappa shape index (κ3) is 7.37. The predicted octanol–water partition coefficient (Wildman–Crippen LogP) is 7.52. The number of nitrogens with one attached hydrogen (secondary N) is 4. The van der Waals surface area contributed by atoms with Gasteiger partial charge in [0.2, 0.25) is 0 Å². The molecule has 8 heteroatoms. The number of nitrogens with zero attached hydrogens (tertiary/aromatic N) is 2. The van der Waals surface area contributed by atoms with Crippen LogP contribution in [-0.4, -0.2) is 41.2 Å². The number of rotatable bonds is 9. The van der Waals surface area contributed by atoms with E-state index >= 15 is 0 Å². The molecule has 0 spiro atoms. The highest BCUT2D eigenvalue weighted by Crippen LogP contribution is 2.35. The highest BCUT2D eigenvalue weighted by molar-refractivity contribution is 6.02. The Morgan fingerprint density at radius 1 is 0.909 bits per heavy atom. The average Bonchev–Trinajstić information content (AvgIpc) is 3.44. The molecule has 4 N–H and O–H groups in total. The third-order valence-electron chi connectivity index (χ3n) is 8.21. The maximum Gasteiger partial charge on any atom is 0.324 e. The van der Waals surface area contributed by atoms with Crippen molar-refractivity contribution in [3.05, 3.63) is 101 Å². The van der Waals surface area contributed by atoms with Gasteiger partial charge < -0.3 is 16.0 Å². The Hall–Kier alpha value is -4.43. The lowest BCUT2D eigenvalue weighted by Crippen LogP contribution is -2.33. The topological polar surface area (TPSA) is 100 Å². The Kier molecular flexibility index (Phi) is 9.49. The van der Waals surface area contributed by atoms with Gasteiger partial charge in [-0.3, -0.25) is 10.1 Å². The summed E-state index contributed by atoms with van der Waals surface area (Å²) < 4.78 is 1.77. The number of anilines is 3. The summed E-state index contributed by atoms with van der Waals surface area (Å²) >= 11 is 0. The van der Waals surface area contributed by atoms with Crippen LogP contribution >= 0.6 is 0 Å². The van der Waals surface area contributed by atoms with E-state index in [0.29, 0.717) is 11.5 Å². The molecule has 0 saturated carbocycles. The molecule has 1 aromatic heterocycles. The molecule has 44 heavy (non-hydrogen) atoms. The fraction of sp³-hybridized carbons (Fsp3) is 0.361. The van der Waals surface area contributed by atoms with Gasteiger partial charge in [0.1, 0.15) is 5.82 Å². The van der Waals surface area contributed by atoms with E-state index in [1.807, 2.05) is 85.8 Å². The quantitative estimate of drug-likeness (QED) is 0.151. The van der Waals surface area contributed by atoms with Crippen molar-refractivity contribution in [1.29, 1.82) is 0 Å². The van der Waals surface area contributed by atoms with Crippen molar-refractivity contribution >= 4 is 29.0 Å². The van der Waals surface area contributed by atoms with Crippen LogP contribution in [0.3, 0.4) is 0 Å². The van der Waals surface area contributed by atoms with Crippen LogP contribution in [0.5, 0.6) is 0 Å². The van der Waals surface area contributed by atoms with Crippen LogP contribution in [0, 0.1) is 12.8 Å². The molecule has 1 unspecified atom stereocenters. The van der Waals surface area contributed by atoms with Crippen molar-refractivity contribution in [3.8, 4) is 5.69 Å². The van der Waals surface area contributed by atoms with E-state index in [4.69, 9.17) is 5.10 Å². The van der Waals surface area contributed by atoms with E-state index in [9.17, 15) is 9.59 Å². The first kappa shape index (κ1) is 31.0. The molecular weight excluding hydrogens is 548 g/mol. The molecule has 2 amide bonds. The van der Waals surface area contributed by atoms with Crippen LogP contribution in [0.2, 0.25) is 0 Å². The molecule has 0 radical (unpaired) electrons. The number of aryl methyl sites for hydroxylation is 1. The molecule has 0 bridgehead atoms. The Morgan fingerprint density at radius 3 is 2.16 bits per heavy atom. The van der Waals surface area contributed by atoms with Crippen molar-refractivity contribution in [1.82, 2.24) is 15.1 Å². The molecule has 4 aromatic rings.